The van der Waals surface area contributed by atoms with E-state index in [1.165, 1.54) is 18.2 Å². The van der Waals surface area contributed by atoms with Gasteiger partial charge in [0, 0.05) is 12.0 Å². The molecule has 1 aromatic carbocycles. The summed E-state index contributed by atoms with van der Waals surface area (Å²) in [5.41, 5.74) is -3.18. The van der Waals surface area contributed by atoms with Crippen LogP contribution in [0.15, 0.2) is 24.3 Å². The summed E-state index contributed by atoms with van der Waals surface area (Å²) in [5.74, 6) is -0.401. The minimum Gasteiger partial charge on any atom is -0.405 e. The van der Waals surface area contributed by atoms with Gasteiger partial charge in [0.15, 0.2) is 0 Å². The van der Waals surface area contributed by atoms with Gasteiger partial charge in [-0.3, -0.25) is 0 Å². The van der Waals surface area contributed by atoms with Crippen LogP contribution >= 0.6 is 0 Å². The van der Waals surface area contributed by atoms with Crippen molar-refractivity contribution in [2.24, 2.45) is 0 Å². The zero-order chi connectivity index (χ0) is 16.1. The van der Waals surface area contributed by atoms with E-state index in [0.29, 0.717) is 0 Å². The third-order valence-corrected chi connectivity index (χ3v) is 3.77. The van der Waals surface area contributed by atoms with Crippen molar-refractivity contribution in [1.29, 1.82) is 0 Å². The third-order valence-electron chi connectivity index (χ3n) is 3.77. The van der Waals surface area contributed by atoms with Crippen LogP contribution < -0.4 is 4.74 Å². The summed E-state index contributed by atoms with van der Waals surface area (Å²) in [6.45, 7) is 6.90. The van der Waals surface area contributed by atoms with Crippen LogP contribution in [-0.4, -0.2) is 22.7 Å². The number of alkyl halides is 3. The van der Waals surface area contributed by atoms with Crippen LogP contribution in [0.4, 0.5) is 13.2 Å². The summed E-state index contributed by atoms with van der Waals surface area (Å²) >= 11 is 0. The molecule has 0 aromatic heterocycles. The van der Waals surface area contributed by atoms with E-state index in [0.717, 1.165) is 0 Å². The smallest absolute Gasteiger partial charge is 0.405 e. The average Bonchev–Trinajstić information content (AvgIpc) is 2.41. The van der Waals surface area contributed by atoms with E-state index in [1.54, 1.807) is 33.8 Å². The van der Waals surface area contributed by atoms with E-state index in [-0.39, 0.29) is 12.0 Å². The quantitative estimate of drug-likeness (QED) is 0.904. The van der Waals surface area contributed by atoms with E-state index in [1.807, 2.05) is 0 Å². The van der Waals surface area contributed by atoms with E-state index in [9.17, 15) is 18.3 Å². The Morgan fingerprint density at radius 3 is 2.19 bits per heavy atom. The minimum atomic E-state index is -4.81. The fourth-order valence-corrected chi connectivity index (χ4v) is 3.08. The van der Waals surface area contributed by atoms with Gasteiger partial charge in [0.2, 0.25) is 0 Å². The Kier molecular flexibility index (Phi) is 3.54. The van der Waals surface area contributed by atoms with Gasteiger partial charge in [0.1, 0.15) is 11.4 Å². The Morgan fingerprint density at radius 1 is 1.14 bits per heavy atom. The van der Waals surface area contributed by atoms with Crippen LogP contribution in [0, 0.1) is 0 Å². The maximum atomic E-state index is 12.5. The summed E-state index contributed by atoms with van der Waals surface area (Å²) in [5, 5.41) is 11.0. The number of aliphatic hydroxyl groups is 1. The molecule has 3 nitrogen and oxygen atoms in total. The number of para-hydroxylation sites is 1. The number of benzene rings is 1. The van der Waals surface area contributed by atoms with E-state index >= 15 is 0 Å². The SMILES string of the molecule is CC1(C)CC(O)(c2ccccc2OC(F)(F)F)C(C)(C)O1. The van der Waals surface area contributed by atoms with Crippen molar-refractivity contribution in [3.8, 4) is 5.75 Å². The molecule has 1 saturated heterocycles. The first-order valence-corrected chi connectivity index (χ1v) is 6.64. The number of halogens is 3. The van der Waals surface area contributed by atoms with Gasteiger partial charge >= 0.3 is 6.36 Å². The highest BCUT2D eigenvalue weighted by atomic mass is 19.4. The first kappa shape index (κ1) is 16.1. The fourth-order valence-electron chi connectivity index (χ4n) is 3.08. The lowest BCUT2D eigenvalue weighted by Gasteiger charge is -2.36. The number of hydrogen-bond acceptors (Lipinski definition) is 3. The van der Waals surface area contributed by atoms with Gasteiger partial charge in [0.25, 0.3) is 0 Å². The summed E-state index contributed by atoms with van der Waals surface area (Å²) in [6, 6.07) is 5.63. The predicted molar refractivity (Wildman–Crippen MR) is 70.9 cm³/mol. The second-order valence-corrected chi connectivity index (χ2v) is 6.45. The van der Waals surface area contributed by atoms with Crippen LogP contribution in [-0.2, 0) is 10.3 Å². The van der Waals surface area contributed by atoms with Crippen molar-refractivity contribution in [2.75, 3.05) is 0 Å². The molecule has 0 radical (unpaired) electrons. The largest absolute Gasteiger partial charge is 0.573 e. The molecule has 6 heteroatoms. The zero-order valence-electron chi connectivity index (χ0n) is 12.4. The molecule has 1 unspecified atom stereocenters. The van der Waals surface area contributed by atoms with Gasteiger partial charge < -0.3 is 14.6 Å². The van der Waals surface area contributed by atoms with Crippen molar-refractivity contribution >= 4 is 0 Å². The predicted octanol–water partition coefficient (Wildman–Crippen LogP) is 3.75. The summed E-state index contributed by atoms with van der Waals surface area (Å²) in [4.78, 5) is 0. The van der Waals surface area contributed by atoms with Gasteiger partial charge in [-0.1, -0.05) is 18.2 Å². The Balaban J connectivity index is 2.51. The number of hydrogen-bond donors (Lipinski definition) is 1. The van der Waals surface area contributed by atoms with Crippen LogP contribution in [0.3, 0.4) is 0 Å². The average molecular weight is 304 g/mol. The van der Waals surface area contributed by atoms with Crippen molar-refractivity contribution < 1.29 is 27.8 Å². The fraction of sp³-hybridized carbons (Fsp3) is 0.600. The van der Waals surface area contributed by atoms with Crippen molar-refractivity contribution in [3.05, 3.63) is 29.8 Å². The second-order valence-electron chi connectivity index (χ2n) is 6.45. The summed E-state index contributed by atoms with van der Waals surface area (Å²) in [6.07, 6.45) is -4.64. The van der Waals surface area contributed by atoms with Crippen LogP contribution in [0.5, 0.6) is 5.75 Å². The van der Waals surface area contributed by atoms with Crippen LogP contribution in [0.25, 0.3) is 0 Å². The molecule has 1 fully saturated rings. The molecule has 0 saturated carbocycles. The zero-order valence-corrected chi connectivity index (χ0v) is 12.4. The molecule has 1 heterocycles. The van der Waals surface area contributed by atoms with E-state index < -0.39 is 28.9 Å². The lowest BCUT2D eigenvalue weighted by Crippen LogP contribution is -2.44. The third kappa shape index (κ3) is 3.01. The molecule has 2 rings (SSSR count). The standard InChI is InChI=1S/C15H19F3O3/c1-12(2)9-14(19,13(3,4)21-12)10-7-5-6-8-11(10)20-15(16,17)18/h5-8,19H,9H2,1-4H3. The molecule has 118 valence electrons. The second kappa shape index (κ2) is 4.61. The van der Waals surface area contributed by atoms with Crippen molar-refractivity contribution in [1.82, 2.24) is 0 Å². The Bertz CT molecular complexity index is 537. The van der Waals surface area contributed by atoms with Gasteiger partial charge in [-0.15, -0.1) is 13.2 Å². The molecular weight excluding hydrogens is 285 g/mol. The highest BCUT2D eigenvalue weighted by Gasteiger charge is 2.58. The molecule has 1 aromatic rings. The van der Waals surface area contributed by atoms with Gasteiger partial charge in [-0.2, -0.15) is 0 Å². The molecule has 1 atom stereocenters. The van der Waals surface area contributed by atoms with E-state index in [2.05, 4.69) is 4.74 Å². The molecule has 21 heavy (non-hydrogen) atoms. The number of rotatable bonds is 2. The lowest BCUT2D eigenvalue weighted by molar-refractivity contribution is -0.275. The highest BCUT2D eigenvalue weighted by Crippen LogP contribution is 2.53. The van der Waals surface area contributed by atoms with Gasteiger partial charge in [-0.05, 0) is 33.8 Å². The first-order valence-electron chi connectivity index (χ1n) is 6.64. The molecule has 1 N–H and O–H groups in total. The molecule has 0 aliphatic carbocycles. The topological polar surface area (TPSA) is 38.7 Å². The summed E-state index contributed by atoms with van der Waals surface area (Å²) < 4.78 is 47.5. The molecule has 0 amide bonds. The van der Waals surface area contributed by atoms with Crippen LogP contribution in [0.2, 0.25) is 0 Å². The van der Waals surface area contributed by atoms with Crippen molar-refractivity contribution in [2.45, 2.75) is 57.3 Å². The van der Waals surface area contributed by atoms with Gasteiger partial charge in [0.05, 0.1) is 11.2 Å². The van der Waals surface area contributed by atoms with Crippen LogP contribution in [0.1, 0.15) is 39.7 Å². The summed E-state index contributed by atoms with van der Waals surface area (Å²) in [7, 11) is 0. The Hall–Kier alpha value is -1.27. The molecule has 0 spiro atoms. The Morgan fingerprint density at radius 2 is 1.71 bits per heavy atom. The highest BCUT2D eigenvalue weighted by molar-refractivity contribution is 5.41. The maximum Gasteiger partial charge on any atom is 0.573 e. The van der Waals surface area contributed by atoms with E-state index in [4.69, 9.17) is 4.74 Å². The lowest BCUT2D eigenvalue weighted by atomic mass is 9.77. The van der Waals surface area contributed by atoms with Crippen molar-refractivity contribution in [3.63, 3.8) is 0 Å². The molecule has 1 aliphatic heterocycles. The maximum absolute atomic E-state index is 12.5. The Labute approximate surface area is 121 Å². The molecular formula is C15H19F3O3. The first-order chi connectivity index (χ1) is 9.36. The normalized spacial score (nSPS) is 27.6. The number of ether oxygens (including phenoxy) is 2. The van der Waals surface area contributed by atoms with Gasteiger partial charge in [-0.25, -0.2) is 0 Å². The molecule has 1 aliphatic rings. The minimum absolute atomic E-state index is 0.0814. The monoisotopic (exact) mass is 304 g/mol. The molecule has 0 bridgehead atoms.